The standard InChI is InChI=1S/C26H27ClN4O4/c1-4-30-23-9-8-18(13-21(23)25(34)31(5-2)26(30)35)24(33)29-15-16(3)10-20(32)11-17-6-7-19(14-28)22(27)12-17/h6-9,12-13,16H,4-5,10-11,15H2,1-3H3,(H,29,33). The van der Waals surface area contributed by atoms with E-state index in [-0.39, 0.29) is 49.2 Å². The fraction of sp³-hybridized carbons (Fsp3) is 0.346. The topological polar surface area (TPSA) is 114 Å². The molecule has 0 aliphatic carbocycles. The molecule has 182 valence electrons. The molecule has 1 atom stereocenters. The van der Waals surface area contributed by atoms with Gasteiger partial charge in [-0.1, -0.05) is 24.6 Å². The molecule has 0 radical (unpaired) electrons. The minimum atomic E-state index is -0.422. The van der Waals surface area contributed by atoms with Gasteiger partial charge in [-0.05, 0) is 55.7 Å². The number of hydrogen-bond donors (Lipinski definition) is 1. The second-order valence-electron chi connectivity index (χ2n) is 8.47. The number of carbonyl (C=O) groups excluding carboxylic acids is 2. The van der Waals surface area contributed by atoms with Crippen molar-refractivity contribution < 1.29 is 9.59 Å². The van der Waals surface area contributed by atoms with E-state index in [4.69, 9.17) is 16.9 Å². The molecule has 1 unspecified atom stereocenters. The van der Waals surface area contributed by atoms with Crippen LogP contribution >= 0.6 is 11.6 Å². The number of hydrogen-bond acceptors (Lipinski definition) is 5. The number of benzene rings is 2. The lowest BCUT2D eigenvalue weighted by Crippen LogP contribution is -2.39. The van der Waals surface area contributed by atoms with E-state index in [2.05, 4.69) is 5.32 Å². The molecule has 1 aromatic heterocycles. The monoisotopic (exact) mass is 494 g/mol. The number of nitrogens with one attached hydrogen (secondary N) is 1. The Balaban J connectivity index is 1.66. The van der Waals surface area contributed by atoms with Crippen molar-refractivity contribution in [1.29, 1.82) is 5.26 Å². The average Bonchev–Trinajstić information content (AvgIpc) is 2.83. The van der Waals surface area contributed by atoms with Gasteiger partial charge in [0.25, 0.3) is 11.5 Å². The summed E-state index contributed by atoms with van der Waals surface area (Å²) in [5.74, 6) is -0.471. The Bertz CT molecular complexity index is 1450. The maximum absolute atomic E-state index is 12.8. The number of Topliss-reactive ketones (excluding diaryl/α,β-unsaturated/α-hetero) is 1. The molecule has 3 rings (SSSR count). The van der Waals surface area contributed by atoms with Crippen molar-refractivity contribution in [2.45, 2.75) is 46.7 Å². The lowest BCUT2D eigenvalue weighted by Gasteiger charge is -2.14. The normalized spacial score (nSPS) is 11.7. The largest absolute Gasteiger partial charge is 0.352 e. The first kappa shape index (κ1) is 25.9. The number of ketones is 1. The quantitative estimate of drug-likeness (QED) is 0.490. The van der Waals surface area contributed by atoms with Crippen molar-refractivity contribution in [2.75, 3.05) is 6.54 Å². The van der Waals surface area contributed by atoms with Crippen LogP contribution in [0, 0.1) is 17.2 Å². The highest BCUT2D eigenvalue weighted by molar-refractivity contribution is 6.31. The van der Waals surface area contributed by atoms with Crippen LogP contribution in [-0.2, 0) is 24.3 Å². The van der Waals surface area contributed by atoms with E-state index < -0.39 is 5.56 Å². The van der Waals surface area contributed by atoms with E-state index in [0.29, 0.717) is 33.6 Å². The van der Waals surface area contributed by atoms with E-state index in [9.17, 15) is 19.2 Å². The minimum Gasteiger partial charge on any atom is -0.352 e. The smallest absolute Gasteiger partial charge is 0.331 e. The number of nitriles is 1. The number of rotatable bonds is 9. The van der Waals surface area contributed by atoms with Crippen LogP contribution in [-0.4, -0.2) is 27.4 Å². The van der Waals surface area contributed by atoms with Crippen molar-refractivity contribution in [3.63, 3.8) is 0 Å². The van der Waals surface area contributed by atoms with Crippen molar-refractivity contribution in [1.82, 2.24) is 14.5 Å². The van der Waals surface area contributed by atoms with Crippen LogP contribution in [0.15, 0.2) is 46.0 Å². The molecule has 2 aromatic carbocycles. The van der Waals surface area contributed by atoms with Gasteiger partial charge in [0, 0.05) is 38.0 Å². The van der Waals surface area contributed by atoms with Gasteiger partial charge in [0.1, 0.15) is 11.9 Å². The van der Waals surface area contributed by atoms with E-state index in [1.54, 1.807) is 37.3 Å². The lowest BCUT2D eigenvalue weighted by molar-refractivity contribution is -0.119. The molecule has 0 saturated carbocycles. The highest BCUT2D eigenvalue weighted by Crippen LogP contribution is 2.18. The summed E-state index contributed by atoms with van der Waals surface area (Å²) in [4.78, 5) is 50.5. The van der Waals surface area contributed by atoms with Crippen LogP contribution < -0.4 is 16.6 Å². The van der Waals surface area contributed by atoms with Gasteiger partial charge in [-0.15, -0.1) is 0 Å². The Morgan fingerprint density at radius 2 is 1.80 bits per heavy atom. The third-order valence-electron chi connectivity index (χ3n) is 5.86. The fourth-order valence-electron chi connectivity index (χ4n) is 4.04. The van der Waals surface area contributed by atoms with Crippen LogP contribution in [0.1, 0.15) is 48.7 Å². The van der Waals surface area contributed by atoms with Gasteiger partial charge in [0.2, 0.25) is 0 Å². The molecular formula is C26H27ClN4O4. The van der Waals surface area contributed by atoms with E-state index in [1.165, 1.54) is 10.6 Å². The summed E-state index contributed by atoms with van der Waals surface area (Å²) in [6, 6.07) is 11.6. The maximum Gasteiger partial charge on any atom is 0.331 e. The van der Waals surface area contributed by atoms with Crippen molar-refractivity contribution in [3.05, 3.63) is 78.9 Å². The Hall–Kier alpha value is -3.70. The van der Waals surface area contributed by atoms with Crippen LogP contribution in [0.2, 0.25) is 5.02 Å². The lowest BCUT2D eigenvalue weighted by atomic mass is 9.99. The van der Waals surface area contributed by atoms with Gasteiger partial charge < -0.3 is 5.32 Å². The van der Waals surface area contributed by atoms with Crippen LogP contribution in [0.25, 0.3) is 10.9 Å². The summed E-state index contributed by atoms with van der Waals surface area (Å²) in [5, 5.41) is 12.4. The molecular weight excluding hydrogens is 468 g/mol. The number of fused-ring (bicyclic) bond motifs is 1. The van der Waals surface area contributed by atoms with Gasteiger partial charge in [-0.2, -0.15) is 5.26 Å². The molecule has 1 heterocycles. The Labute approximate surface area is 207 Å². The number of aromatic nitrogens is 2. The van der Waals surface area contributed by atoms with Crippen LogP contribution in [0.5, 0.6) is 0 Å². The predicted molar refractivity (Wildman–Crippen MR) is 135 cm³/mol. The molecule has 8 nitrogen and oxygen atoms in total. The third kappa shape index (κ3) is 5.69. The molecule has 3 aromatic rings. The number of nitrogens with zero attached hydrogens (tertiary/aromatic N) is 3. The van der Waals surface area contributed by atoms with Crippen molar-refractivity contribution >= 4 is 34.2 Å². The first-order valence-electron chi connectivity index (χ1n) is 11.5. The predicted octanol–water partition coefficient (Wildman–Crippen LogP) is 3.30. The Morgan fingerprint density at radius 1 is 1.09 bits per heavy atom. The van der Waals surface area contributed by atoms with E-state index >= 15 is 0 Å². The maximum atomic E-state index is 12.8. The average molecular weight is 495 g/mol. The van der Waals surface area contributed by atoms with E-state index in [1.807, 2.05) is 19.9 Å². The Kier molecular flexibility index (Phi) is 8.26. The number of halogens is 1. The molecule has 35 heavy (non-hydrogen) atoms. The first-order chi connectivity index (χ1) is 16.7. The highest BCUT2D eigenvalue weighted by Gasteiger charge is 2.16. The molecule has 0 fully saturated rings. The molecule has 0 saturated heterocycles. The minimum absolute atomic E-state index is 0.00381. The second kappa shape index (κ2) is 11.2. The Morgan fingerprint density at radius 3 is 2.43 bits per heavy atom. The summed E-state index contributed by atoms with van der Waals surface area (Å²) in [6.07, 6.45) is 0.455. The van der Waals surface area contributed by atoms with Gasteiger partial charge in [-0.3, -0.25) is 23.5 Å². The number of carbonyl (C=O) groups is 2. The molecule has 0 aliphatic rings. The van der Waals surface area contributed by atoms with Crippen molar-refractivity contribution in [3.8, 4) is 6.07 Å². The van der Waals surface area contributed by atoms with Gasteiger partial charge in [-0.25, -0.2) is 4.79 Å². The number of amides is 1. The van der Waals surface area contributed by atoms with Crippen LogP contribution in [0.3, 0.4) is 0 Å². The summed E-state index contributed by atoms with van der Waals surface area (Å²) in [5.41, 5.74) is 1.10. The molecule has 1 amide bonds. The molecule has 1 N–H and O–H groups in total. The third-order valence-corrected chi connectivity index (χ3v) is 6.17. The summed E-state index contributed by atoms with van der Waals surface area (Å²) in [7, 11) is 0. The van der Waals surface area contributed by atoms with E-state index in [0.717, 1.165) is 10.1 Å². The van der Waals surface area contributed by atoms with Crippen LogP contribution in [0.4, 0.5) is 0 Å². The second-order valence-corrected chi connectivity index (χ2v) is 8.88. The molecule has 0 bridgehead atoms. The zero-order chi connectivity index (χ0) is 25.7. The molecule has 9 heteroatoms. The first-order valence-corrected chi connectivity index (χ1v) is 11.8. The zero-order valence-corrected chi connectivity index (χ0v) is 20.7. The summed E-state index contributed by atoms with van der Waals surface area (Å²) < 4.78 is 2.67. The number of aryl methyl sites for hydroxylation is 1. The van der Waals surface area contributed by atoms with Crippen molar-refractivity contribution in [2.24, 2.45) is 5.92 Å². The highest BCUT2D eigenvalue weighted by atomic mass is 35.5. The van der Waals surface area contributed by atoms with Gasteiger partial charge in [0.05, 0.1) is 21.5 Å². The zero-order valence-electron chi connectivity index (χ0n) is 19.9. The van der Waals surface area contributed by atoms with Gasteiger partial charge in [0.15, 0.2) is 0 Å². The van der Waals surface area contributed by atoms with Gasteiger partial charge >= 0.3 is 5.69 Å². The molecule has 0 spiro atoms. The SMILES string of the molecule is CCn1c(=O)c2cc(C(=O)NCC(C)CC(=O)Cc3ccc(C#N)c(Cl)c3)ccc2n(CC)c1=O. The summed E-state index contributed by atoms with van der Waals surface area (Å²) >= 11 is 6.03. The molecule has 0 aliphatic heterocycles. The fourth-order valence-corrected chi connectivity index (χ4v) is 4.28. The summed E-state index contributed by atoms with van der Waals surface area (Å²) in [6.45, 7) is 6.34.